The van der Waals surface area contributed by atoms with Crippen molar-refractivity contribution in [2.24, 2.45) is 0 Å². The van der Waals surface area contributed by atoms with Gasteiger partial charge in [-0.1, -0.05) is 37.6 Å². The van der Waals surface area contributed by atoms with Crippen LogP contribution in [0.15, 0.2) is 24.3 Å². The molecule has 15 heavy (non-hydrogen) atoms. The maximum Gasteiger partial charge on any atom is 0.352 e. The number of carboxylic acid groups (broad SMARTS) is 1. The Kier molecular flexibility index (Phi) is 3.74. The van der Waals surface area contributed by atoms with Gasteiger partial charge in [-0.05, 0) is 12.1 Å². The summed E-state index contributed by atoms with van der Waals surface area (Å²) in [5.41, 5.74) is 0.824. The first-order valence-electron chi connectivity index (χ1n) is 4.69. The zero-order valence-electron chi connectivity index (χ0n) is 8.54. The standard InChI is InChI=1S/C9H6ClNO2.C2H6/c10-6-3-1-2-5-4-7(9(12)13)11-8(5)6;1-2/h1-4,11H,(H,12,13);1-2H3. The zero-order valence-corrected chi connectivity index (χ0v) is 9.30. The Morgan fingerprint density at radius 2 is 2.07 bits per heavy atom. The van der Waals surface area contributed by atoms with E-state index in [1.807, 2.05) is 19.9 Å². The fraction of sp³-hybridized carbons (Fsp3) is 0.182. The third kappa shape index (κ3) is 2.30. The summed E-state index contributed by atoms with van der Waals surface area (Å²) >= 11 is 5.85. The van der Waals surface area contributed by atoms with E-state index >= 15 is 0 Å². The summed E-state index contributed by atoms with van der Waals surface area (Å²) in [5.74, 6) is -0.979. The molecule has 0 amide bonds. The van der Waals surface area contributed by atoms with Crippen molar-refractivity contribution < 1.29 is 9.90 Å². The summed E-state index contributed by atoms with van der Waals surface area (Å²) in [4.78, 5) is 13.3. The van der Waals surface area contributed by atoms with E-state index in [9.17, 15) is 4.79 Å². The van der Waals surface area contributed by atoms with E-state index < -0.39 is 5.97 Å². The number of rotatable bonds is 1. The van der Waals surface area contributed by atoms with Crippen molar-refractivity contribution in [1.29, 1.82) is 0 Å². The van der Waals surface area contributed by atoms with Gasteiger partial charge in [-0.15, -0.1) is 0 Å². The first kappa shape index (κ1) is 11.6. The van der Waals surface area contributed by atoms with Gasteiger partial charge in [-0.3, -0.25) is 0 Å². The molecule has 80 valence electrons. The number of carboxylic acids is 1. The highest BCUT2D eigenvalue weighted by molar-refractivity contribution is 6.35. The molecule has 0 fully saturated rings. The highest BCUT2D eigenvalue weighted by atomic mass is 35.5. The van der Waals surface area contributed by atoms with Crippen LogP contribution >= 0.6 is 11.6 Å². The van der Waals surface area contributed by atoms with Gasteiger partial charge < -0.3 is 10.1 Å². The summed E-state index contributed by atoms with van der Waals surface area (Å²) in [7, 11) is 0. The van der Waals surface area contributed by atoms with Crippen molar-refractivity contribution in [1.82, 2.24) is 4.98 Å². The molecule has 0 saturated carbocycles. The van der Waals surface area contributed by atoms with Crippen LogP contribution in [0.4, 0.5) is 0 Å². The van der Waals surface area contributed by atoms with Crippen LogP contribution in [0.25, 0.3) is 10.9 Å². The van der Waals surface area contributed by atoms with Crippen molar-refractivity contribution >= 4 is 28.5 Å². The fourth-order valence-electron chi connectivity index (χ4n) is 1.23. The molecule has 2 N–H and O–H groups in total. The van der Waals surface area contributed by atoms with E-state index in [0.717, 1.165) is 5.39 Å². The van der Waals surface area contributed by atoms with Gasteiger partial charge in [-0.2, -0.15) is 0 Å². The van der Waals surface area contributed by atoms with Crippen LogP contribution in [0.1, 0.15) is 24.3 Å². The highest BCUT2D eigenvalue weighted by Gasteiger charge is 2.08. The Hall–Kier alpha value is -1.48. The van der Waals surface area contributed by atoms with E-state index in [-0.39, 0.29) is 5.69 Å². The predicted octanol–water partition coefficient (Wildman–Crippen LogP) is 3.55. The molecule has 2 aromatic rings. The normalized spacial score (nSPS) is 9.53. The molecule has 0 aliphatic heterocycles. The summed E-state index contributed by atoms with van der Waals surface area (Å²) in [6, 6.07) is 6.86. The minimum atomic E-state index is -0.979. The lowest BCUT2D eigenvalue weighted by molar-refractivity contribution is 0.0691. The van der Waals surface area contributed by atoms with Crippen LogP contribution in [0, 0.1) is 0 Å². The Labute approximate surface area is 92.7 Å². The molecule has 0 unspecified atom stereocenters. The molecule has 0 atom stereocenters. The zero-order chi connectivity index (χ0) is 11.4. The third-order valence-corrected chi connectivity index (χ3v) is 2.15. The summed E-state index contributed by atoms with van der Waals surface area (Å²) in [6.07, 6.45) is 0. The lowest BCUT2D eigenvalue weighted by atomic mass is 10.2. The lowest BCUT2D eigenvalue weighted by Crippen LogP contribution is -1.94. The van der Waals surface area contributed by atoms with E-state index in [1.165, 1.54) is 0 Å². The van der Waals surface area contributed by atoms with E-state index in [4.69, 9.17) is 16.7 Å². The molecule has 0 bridgehead atoms. The molecule has 0 radical (unpaired) electrons. The van der Waals surface area contributed by atoms with Gasteiger partial charge in [0.1, 0.15) is 5.69 Å². The Morgan fingerprint density at radius 1 is 1.40 bits per heavy atom. The van der Waals surface area contributed by atoms with Gasteiger partial charge >= 0.3 is 5.97 Å². The second-order valence-electron chi connectivity index (χ2n) is 2.69. The number of para-hydroxylation sites is 1. The van der Waals surface area contributed by atoms with Crippen LogP contribution in [-0.4, -0.2) is 16.1 Å². The van der Waals surface area contributed by atoms with E-state index in [2.05, 4.69) is 4.98 Å². The fourth-order valence-corrected chi connectivity index (χ4v) is 1.46. The third-order valence-electron chi connectivity index (χ3n) is 1.84. The number of carbonyl (C=O) groups is 1. The molecule has 0 aliphatic rings. The van der Waals surface area contributed by atoms with E-state index in [1.54, 1.807) is 18.2 Å². The smallest absolute Gasteiger partial charge is 0.352 e. The molecular weight excluding hydrogens is 214 g/mol. The topological polar surface area (TPSA) is 53.1 Å². The molecular formula is C11H12ClNO2. The number of halogens is 1. The number of aromatic carboxylic acids is 1. The number of benzene rings is 1. The number of nitrogens with one attached hydrogen (secondary N) is 1. The molecule has 0 spiro atoms. The molecule has 0 aliphatic carbocycles. The minimum absolute atomic E-state index is 0.156. The van der Waals surface area contributed by atoms with Gasteiger partial charge in [0.05, 0.1) is 10.5 Å². The van der Waals surface area contributed by atoms with Crippen molar-refractivity contribution in [2.75, 3.05) is 0 Å². The monoisotopic (exact) mass is 225 g/mol. The quantitative estimate of drug-likeness (QED) is 0.780. The second kappa shape index (κ2) is 4.84. The average molecular weight is 226 g/mol. The molecule has 2 rings (SSSR count). The second-order valence-corrected chi connectivity index (χ2v) is 3.10. The molecule has 1 aromatic heterocycles. The van der Waals surface area contributed by atoms with Crippen molar-refractivity contribution in [3.05, 3.63) is 35.0 Å². The summed E-state index contributed by atoms with van der Waals surface area (Å²) in [6.45, 7) is 4.00. The number of H-pyrrole nitrogens is 1. The Balaban J connectivity index is 0.000000531. The Morgan fingerprint density at radius 3 is 2.60 bits per heavy atom. The average Bonchev–Trinajstić information content (AvgIpc) is 2.66. The van der Waals surface area contributed by atoms with Gasteiger partial charge in [0.25, 0.3) is 0 Å². The van der Waals surface area contributed by atoms with E-state index in [0.29, 0.717) is 10.5 Å². The van der Waals surface area contributed by atoms with Gasteiger partial charge in [0.2, 0.25) is 0 Å². The summed E-state index contributed by atoms with van der Waals surface area (Å²) in [5, 5.41) is 10.0. The highest BCUT2D eigenvalue weighted by Crippen LogP contribution is 2.23. The number of fused-ring (bicyclic) bond motifs is 1. The molecule has 4 heteroatoms. The van der Waals surface area contributed by atoms with Crippen LogP contribution in [0.2, 0.25) is 5.02 Å². The molecule has 1 aromatic carbocycles. The predicted molar refractivity (Wildman–Crippen MR) is 61.6 cm³/mol. The molecule has 3 nitrogen and oxygen atoms in total. The van der Waals surface area contributed by atoms with Crippen molar-refractivity contribution in [2.45, 2.75) is 13.8 Å². The van der Waals surface area contributed by atoms with Crippen LogP contribution in [0.5, 0.6) is 0 Å². The first-order chi connectivity index (χ1) is 7.18. The maximum absolute atomic E-state index is 10.6. The Bertz CT molecular complexity index is 476. The largest absolute Gasteiger partial charge is 0.477 e. The van der Waals surface area contributed by atoms with Gasteiger partial charge in [0, 0.05) is 5.39 Å². The van der Waals surface area contributed by atoms with Gasteiger partial charge in [0.15, 0.2) is 0 Å². The van der Waals surface area contributed by atoms with Crippen LogP contribution < -0.4 is 0 Å². The molecule has 0 saturated heterocycles. The van der Waals surface area contributed by atoms with Crippen LogP contribution in [-0.2, 0) is 0 Å². The number of aromatic nitrogens is 1. The molecule has 1 heterocycles. The number of hydrogen-bond acceptors (Lipinski definition) is 1. The first-order valence-corrected chi connectivity index (χ1v) is 5.07. The van der Waals surface area contributed by atoms with Crippen molar-refractivity contribution in [3.8, 4) is 0 Å². The van der Waals surface area contributed by atoms with Crippen molar-refractivity contribution in [3.63, 3.8) is 0 Å². The number of hydrogen-bond donors (Lipinski definition) is 2. The maximum atomic E-state index is 10.6. The van der Waals surface area contributed by atoms with Gasteiger partial charge in [-0.25, -0.2) is 4.79 Å². The summed E-state index contributed by atoms with van der Waals surface area (Å²) < 4.78 is 0. The SMILES string of the molecule is CC.O=C(O)c1cc2cccc(Cl)c2[nH]1. The van der Waals surface area contributed by atoms with Crippen LogP contribution in [0.3, 0.4) is 0 Å². The lowest BCUT2D eigenvalue weighted by Gasteiger charge is -1.90. The number of aromatic amines is 1. The minimum Gasteiger partial charge on any atom is -0.477 e.